The second-order valence-electron chi connectivity index (χ2n) is 3.08. The lowest BCUT2D eigenvalue weighted by Gasteiger charge is -2.00. The summed E-state index contributed by atoms with van der Waals surface area (Å²) >= 11 is 5.73. The van der Waals surface area contributed by atoms with Crippen LogP contribution in [-0.2, 0) is 4.74 Å². The van der Waals surface area contributed by atoms with Gasteiger partial charge in [-0.2, -0.15) is 0 Å². The summed E-state index contributed by atoms with van der Waals surface area (Å²) in [6.45, 7) is 0.954. The van der Waals surface area contributed by atoms with Gasteiger partial charge in [0.1, 0.15) is 0 Å². The van der Waals surface area contributed by atoms with Gasteiger partial charge in [0.2, 0.25) is 0 Å². The lowest BCUT2D eigenvalue weighted by Crippen LogP contribution is -2.04. The first-order valence-electron chi connectivity index (χ1n) is 4.34. The van der Waals surface area contributed by atoms with Crippen molar-refractivity contribution in [2.45, 2.75) is 0 Å². The van der Waals surface area contributed by atoms with Crippen LogP contribution in [0.3, 0.4) is 0 Å². The van der Waals surface area contributed by atoms with Gasteiger partial charge >= 0.3 is 0 Å². The van der Waals surface area contributed by atoms with Gasteiger partial charge < -0.3 is 4.74 Å². The fourth-order valence-corrected chi connectivity index (χ4v) is 1.46. The van der Waals surface area contributed by atoms with Crippen molar-refractivity contribution >= 4 is 17.4 Å². The smallest absolute Gasteiger partial charge is 0.191 e. The number of rotatable bonds is 2. The second-order valence-corrected chi connectivity index (χ2v) is 3.52. The number of hydrogen-bond donors (Lipinski definition) is 0. The summed E-state index contributed by atoms with van der Waals surface area (Å²) in [5.41, 5.74) is 1.39. The standard InChI is InChI=1S/C11H9ClO2/c12-10-3-1-8(2-4-10)11(13)9-5-6-14-7-9/h1-5H,6-7H2. The van der Waals surface area contributed by atoms with Crippen LogP contribution in [0.5, 0.6) is 0 Å². The number of Topliss-reactive ketones (excluding diaryl/α,β-unsaturated/α-hetero) is 1. The average Bonchev–Trinajstić information content (AvgIpc) is 2.71. The number of ether oxygens (including phenoxy) is 1. The normalized spacial score (nSPS) is 15.4. The Morgan fingerprint density at radius 3 is 2.57 bits per heavy atom. The summed E-state index contributed by atoms with van der Waals surface area (Å²) in [6.07, 6.45) is 1.82. The predicted molar refractivity (Wildman–Crippen MR) is 54.7 cm³/mol. The van der Waals surface area contributed by atoms with Gasteiger partial charge in [0.25, 0.3) is 0 Å². The van der Waals surface area contributed by atoms with Crippen molar-refractivity contribution < 1.29 is 9.53 Å². The highest BCUT2D eigenvalue weighted by molar-refractivity contribution is 6.30. The van der Waals surface area contributed by atoms with E-state index in [1.165, 1.54) is 0 Å². The molecule has 0 amide bonds. The van der Waals surface area contributed by atoms with Crippen LogP contribution >= 0.6 is 11.6 Å². The maximum atomic E-state index is 11.8. The van der Waals surface area contributed by atoms with Crippen LogP contribution in [0.2, 0.25) is 5.02 Å². The molecule has 3 heteroatoms. The van der Waals surface area contributed by atoms with Crippen molar-refractivity contribution in [3.8, 4) is 0 Å². The third kappa shape index (κ3) is 1.86. The molecule has 14 heavy (non-hydrogen) atoms. The number of benzene rings is 1. The lowest BCUT2D eigenvalue weighted by atomic mass is 10.0. The Balaban J connectivity index is 2.22. The molecule has 0 bridgehead atoms. The Labute approximate surface area is 87.1 Å². The number of carbonyl (C=O) groups is 1. The molecular weight excluding hydrogens is 200 g/mol. The molecular formula is C11H9ClO2. The van der Waals surface area contributed by atoms with E-state index in [1.54, 1.807) is 24.3 Å². The molecule has 1 aliphatic rings. The predicted octanol–water partition coefficient (Wildman–Crippen LogP) is 2.48. The highest BCUT2D eigenvalue weighted by atomic mass is 35.5. The number of hydrogen-bond acceptors (Lipinski definition) is 2. The van der Waals surface area contributed by atoms with Gasteiger partial charge in [-0.1, -0.05) is 11.6 Å². The fourth-order valence-electron chi connectivity index (χ4n) is 1.33. The lowest BCUT2D eigenvalue weighted by molar-refractivity contribution is 0.101. The highest BCUT2D eigenvalue weighted by Crippen LogP contribution is 2.15. The zero-order valence-corrected chi connectivity index (χ0v) is 8.25. The van der Waals surface area contributed by atoms with E-state index in [4.69, 9.17) is 16.3 Å². The van der Waals surface area contributed by atoms with Crippen molar-refractivity contribution in [1.82, 2.24) is 0 Å². The third-order valence-electron chi connectivity index (χ3n) is 2.10. The SMILES string of the molecule is O=C(C1=CCOC1)c1ccc(Cl)cc1. The van der Waals surface area contributed by atoms with E-state index in [1.807, 2.05) is 6.08 Å². The van der Waals surface area contributed by atoms with E-state index in [0.717, 1.165) is 5.57 Å². The Morgan fingerprint density at radius 1 is 1.29 bits per heavy atom. The topological polar surface area (TPSA) is 26.3 Å². The van der Waals surface area contributed by atoms with Crippen LogP contribution in [0.4, 0.5) is 0 Å². The Bertz CT molecular complexity index is 379. The molecule has 72 valence electrons. The molecule has 0 atom stereocenters. The van der Waals surface area contributed by atoms with Gasteiger partial charge in [0, 0.05) is 16.2 Å². The summed E-state index contributed by atoms with van der Waals surface area (Å²) in [7, 11) is 0. The summed E-state index contributed by atoms with van der Waals surface area (Å²) in [6, 6.07) is 6.88. The minimum atomic E-state index is 0.0270. The molecule has 0 aliphatic carbocycles. The number of carbonyl (C=O) groups excluding carboxylic acids is 1. The molecule has 1 aromatic rings. The fraction of sp³-hybridized carbons (Fsp3) is 0.182. The van der Waals surface area contributed by atoms with Crippen LogP contribution in [-0.4, -0.2) is 19.0 Å². The molecule has 1 heterocycles. The maximum absolute atomic E-state index is 11.8. The second kappa shape index (κ2) is 3.95. The van der Waals surface area contributed by atoms with E-state index in [2.05, 4.69) is 0 Å². The van der Waals surface area contributed by atoms with Crippen molar-refractivity contribution in [2.24, 2.45) is 0 Å². The van der Waals surface area contributed by atoms with E-state index in [0.29, 0.717) is 23.8 Å². The van der Waals surface area contributed by atoms with Gasteiger partial charge in [0.15, 0.2) is 5.78 Å². The molecule has 1 aliphatic heterocycles. The molecule has 0 unspecified atom stereocenters. The minimum Gasteiger partial charge on any atom is -0.373 e. The zero-order chi connectivity index (χ0) is 9.97. The minimum absolute atomic E-state index is 0.0270. The quantitative estimate of drug-likeness (QED) is 0.698. The van der Waals surface area contributed by atoms with Gasteiger partial charge in [-0.25, -0.2) is 0 Å². The van der Waals surface area contributed by atoms with E-state index < -0.39 is 0 Å². The molecule has 0 aromatic heterocycles. The van der Waals surface area contributed by atoms with Crippen LogP contribution in [0.25, 0.3) is 0 Å². The van der Waals surface area contributed by atoms with Crippen molar-refractivity contribution in [1.29, 1.82) is 0 Å². The largest absolute Gasteiger partial charge is 0.373 e. The monoisotopic (exact) mass is 208 g/mol. The summed E-state index contributed by atoms with van der Waals surface area (Å²) < 4.78 is 5.08. The van der Waals surface area contributed by atoms with Crippen LogP contribution in [0.15, 0.2) is 35.9 Å². The summed E-state index contributed by atoms with van der Waals surface area (Å²) in [5, 5.41) is 0.637. The first-order valence-corrected chi connectivity index (χ1v) is 4.72. The number of ketones is 1. The van der Waals surface area contributed by atoms with Crippen molar-refractivity contribution in [2.75, 3.05) is 13.2 Å². The van der Waals surface area contributed by atoms with E-state index in [9.17, 15) is 4.79 Å². The molecule has 0 saturated carbocycles. The summed E-state index contributed by atoms with van der Waals surface area (Å²) in [4.78, 5) is 11.8. The van der Waals surface area contributed by atoms with E-state index in [-0.39, 0.29) is 5.78 Å². The van der Waals surface area contributed by atoms with Crippen LogP contribution in [0, 0.1) is 0 Å². The van der Waals surface area contributed by atoms with Gasteiger partial charge in [-0.15, -0.1) is 0 Å². The highest BCUT2D eigenvalue weighted by Gasteiger charge is 2.15. The molecule has 0 spiro atoms. The van der Waals surface area contributed by atoms with Crippen molar-refractivity contribution in [3.63, 3.8) is 0 Å². The molecule has 0 N–H and O–H groups in total. The Kier molecular flexibility index (Phi) is 2.66. The molecule has 0 radical (unpaired) electrons. The third-order valence-corrected chi connectivity index (χ3v) is 2.36. The van der Waals surface area contributed by atoms with Gasteiger partial charge in [-0.05, 0) is 30.3 Å². The maximum Gasteiger partial charge on any atom is 0.191 e. The molecule has 2 nitrogen and oxygen atoms in total. The van der Waals surface area contributed by atoms with Crippen LogP contribution in [0.1, 0.15) is 10.4 Å². The van der Waals surface area contributed by atoms with Crippen LogP contribution < -0.4 is 0 Å². The zero-order valence-electron chi connectivity index (χ0n) is 7.50. The molecule has 0 saturated heterocycles. The Morgan fingerprint density at radius 2 is 2.00 bits per heavy atom. The Hall–Kier alpha value is -1.12. The molecule has 2 rings (SSSR count). The summed E-state index contributed by atoms with van der Waals surface area (Å²) in [5.74, 6) is 0.0270. The average molecular weight is 209 g/mol. The van der Waals surface area contributed by atoms with E-state index >= 15 is 0 Å². The van der Waals surface area contributed by atoms with Gasteiger partial charge in [0.05, 0.1) is 13.2 Å². The van der Waals surface area contributed by atoms with Crippen molar-refractivity contribution in [3.05, 3.63) is 46.5 Å². The number of halogens is 1. The first kappa shape index (κ1) is 9.44. The van der Waals surface area contributed by atoms with Gasteiger partial charge in [-0.3, -0.25) is 4.79 Å². The first-order chi connectivity index (χ1) is 6.77. The molecule has 1 aromatic carbocycles. The molecule has 0 fully saturated rings.